The lowest BCUT2D eigenvalue weighted by Crippen LogP contribution is -2.27. The Bertz CT molecular complexity index is 824. The highest BCUT2D eigenvalue weighted by Crippen LogP contribution is 2.34. The monoisotopic (exact) mass is 347 g/mol. The van der Waals surface area contributed by atoms with Crippen molar-refractivity contribution >= 4 is 15.7 Å². The van der Waals surface area contributed by atoms with Gasteiger partial charge in [0.2, 0.25) is 0 Å². The number of hydrogen-bond donors (Lipinski definition) is 0. The number of benzene rings is 2. The van der Waals surface area contributed by atoms with Gasteiger partial charge in [-0.2, -0.15) is 0 Å². The lowest BCUT2D eigenvalue weighted by Gasteiger charge is -2.23. The molecule has 24 heavy (non-hydrogen) atoms. The minimum atomic E-state index is -3.71. The number of rotatable bonds is 5. The molecule has 0 saturated heterocycles. The first-order valence-electron chi connectivity index (χ1n) is 7.92. The van der Waals surface area contributed by atoms with E-state index in [-0.39, 0.29) is 10.8 Å². The van der Waals surface area contributed by atoms with Gasteiger partial charge in [-0.3, -0.25) is 4.31 Å². The van der Waals surface area contributed by atoms with Crippen LogP contribution in [-0.2, 0) is 10.0 Å². The molecule has 5 heteroatoms. The zero-order valence-electron chi connectivity index (χ0n) is 15.1. The molecule has 0 aromatic heterocycles. The molecule has 0 amide bonds. The second kappa shape index (κ2) is 6.85. The number of nitrogens with zero attached hydrogens (tertiary/aromatic N) is 1. The summed E-state index contributed by atoms with van der Waals surface area (Å²) in [5.74, 6) is 0.602. The van der Waals surface area contributed by atoms with Crippen LogP contribution in [-0.4, -0.2) is 22.6 Å². The summed E-state index contributed by atoms with van der Waals surface area (Å²) in [5, 5.41) is 0. The lowest BCUT2D eigenvalue weighted by molar-refractivity contribution is 0.402. The van der Waals surface area contributed by atoms with E-state index in [1.165, 1.54) is 11.4 Å². The molecule has 0 aliphatic rings. The first kappa shape index (κ1) is 18.3. The number of hydrogen-bond acceptors (Lipinski definition) is 3. The summed E-state index contributed by atoms with van der Waals surface area (Å²) in [4.78, 5) is 0.197. The molecule has 0 radical (unpaired) electrons. The van der Waals surface area contributed by atoms with Crippen LogP contribution < -0.4 is 9.04 Å². The van der Waals surface area contributed by atoms with Crippen molar-refractivity contribution in [2.24, 2.45) is 0 Å². The fourth-order valence-electron chi connectivity index (χ4n) is 2.70. The highest BCUT2D eigenvalue weighted by atomic mass is 32.2. The topological polar surface area (TPSA) is 46.6 Å². The van der Waals surface area contributed by atoms with Crippen molar-refractivity contribution in [1.29, 1.82) is 0 Å². The Kier molecular flexibility index (Phi) is 5.23. The third-order valence-corrected chi connectivity index (χ3v) is 6.02. The SMILES string of the molecule is COc1cc(C)c(C(C)C)cc1S(=O)(=O)N(C)c1ccc(C)cc1. The molecule has 2 rings (SSSR count). The van der Waals surface area contributed by atoms with Crippen LogP contribution in [0.3, 0.4) is 0 Å². The summed E-state index contributed by atoms with van der Waals surface area (Å²) in [6.07, 6.45) is 0. The van der Waals surface area contributed by atoms with Crippen LogP contribution in [0.25, 0.3) is 0 Å². The average Bonchev–Trinajstić information content (AvgIpc) is 2.53. The van der Waals surface area contributed by atoms with E-state index < -0.39 is 10.0 Å². The van der Waals surface area contributed by atoms with Gasteiger partial charge < -0.3 is 4.74 Å². The molecule has 0 bridgehead atoms. The molecule has 4 nitrogen and oxygen atoms in total. The third kappa shape index (κ3) is 3.41. The van der Waals surface area contributed by atoms with Crippen LogP contribution in [0.1, 0.15) is 36.5 Å². The van der Waals surface area contributed by atoms with Gasteiger partial charge in [-0.1, -0.05) is 31.5 Å². The summed E-state index contributed by atoms with van der Waals surface area (Å²) in [6, 6.07) is 10.9. The summed E-state index contributed by atoms with van der Waals surface area (Å²) in [7, 11) is -0.653. The Morgan fingerprint density at radius 1 is 1.04 bits per heavy atom. The second-order valence-electron chi connectivity index (χ2n) is 6.32. The van der Waals surface area contributed by atoms with Crippen molar-refractivity contribution in [3.8, 4) is 5.75 Å². The maximum atomic E-state index is 13.1. The van der Waals surface area contributed by atoms with Crippen LogP contribution in [0, 0.1) is 13.8 Å². The number of aryl methyl sites for hydroxylation is 2. The molecule has 130 valence electrons. The van der Waals surface area contributed by atoms with Gasteiger partial charge in [0.1, 0.15) is 10.6 Å². The molecule has 0 spiro atoms. The first-order chi connectivity index (χ1) is 11.2. The van der Waals surface area contributed by atoms with E-state index in [1.807, 2.05) is 26.0 Å². The average molecular weight is 347 g/mol. The van der Waals surface area contributed by atoms with E-state index in [9.17, 15) is 8.42 Å². The van der Waals surface area contributed by atoms with E-state index in [0.717, 1.165) is 16.7 Å². The van der Waals surface area contributed by atoms with Crippen LogP contribution >= 0.6 is 0 Å². The molecule has 0 aliphatic carbocycles. The summed E-state index contributed by atoms with van der Waals surface area (Å²) in [5.41, 5.74) is 3.74. The van der Waals surface area contributed by atoms with Gasteiger partial charge >= 0.3 is 0 Å². The minimum Gasteiger partial charge on any atom is -0.495 e. The first-order valence-corrected chi connectivity index (χ1v) is 9.36. The molecule has 0 atom stereocenters. The number of sulfonamides is 1. The molecule has 0 heterocycles. The van der Waals surface area contributed by atoms with Crippen LogP contribution in [0.5, 0.6) is 5.75 Å². The summed E-state index contributed by atoms with van der Waals surface area (Å²) < 4.78 is 32.9. The summed E-state index contributed by atoms with van der Waals surface area (Å²) >= 11 is 0. The van der Waals surface area contributed by atoms with Gasteiger partial charge in [-0.25, -0.2) is 8.42 Å². The number of anilines is 1. The van der Waals surface area contributed by atoms with Crippen molar-refractivity contribution in [2.45, 2.75) is 38.5 Å². The van der Waals surface area contributed by atoms with Crippen molar-refractivity contribution in [3.05, 3.63) is 53.1 Å². The Hall–Kier alpha value is -2.01. The standard InChI is InChI=1S/C19H25NO3S/c1-13(2)17-12-19(18(23-6)11-15(17)4)24(21,22)20(5)16-9-7-14(3)8-10-16/h7-13H,1-6H3. The van der Waals surface area contributed by atoms with Gasteiger partial charge in [0.25, 0.3) is 10.0 Å². The van der Waals surface area contributed by atoms with Gasteiger partial charge in [0.05, 0.1) is 12.8 Å². The largest absolute Gasteiger partial charge is 0.495 e. The molecule has 0 N–H and O–H groups in total. The molecule has 0 fully saturated rings. The zero-order chi connectivity index (χ0) is 18.1. The van der Waals surface area contributed by atoms with Crippen molar-refractivity contribution in [2.75, 3.05) is 18.5 Å². The maximum absolute atomic E-state index is 13.1. The molecular weight excluding hydrogens is 322 g/mol. The maximum Gasteiger partial charge on any atom is 0.267 e. The lowest BCUT2D eigenvalue weighted by atomic mass is 9.98. The van der Waals surface area contributed by atoms with E-state index >= 15 is 0 Å². The minimum absolute atomic E-state index is 0.197. The van der Waals surface area contributed by atoms with E-state index in [2.05, 4.69) is 13.8 Å². The van der Waals surface area contributed by atoms with Gasteiger partial charge in [0, 0.05) is 7.05 Å². The Morgan fingerprint density at radius 2 is 1.62 bits per heavy atom. The molecule has 0 unspecified atom stereocenters. The van der Waals surface area contributed by atoms with E-state index in [0.29, 0.717) is 11.4 Å². The Balaban J connectivity index is 2.59. The summed E-state index contributed by atoms with van der Waals surface area (Å²) in [6.45, 7) is 8.04. The highest BCUT2D eigenvalue weighted by Gasteiger charge is 2.27. The predicted molar refractivity (Wildman–Crippen MR) is 98.6 cm³/mol. The molecule has 0 saturated carbocycles. The van der Waals surface area contributed by atoms with Crippen molar-refractivity contribution in [1.82, 2.24) is 0 Å². The van der Waals surface area contributed by atoms with E-state index in [4.69, 9.17) is 4.74 Å². The molecule has 2 aromatic rings. The predicted octanol–water partition coefficient (Wildman–Crippen LogP) is 4.26. The van der Waals surface area contributed by atoms with E-state index in [1.54, 1.807) is 31.3 Å². The van der Waals surface area contributed by atoms with Crippen LogP contribution in [0.4, 0.5) is 5.69 Å². The third-order valence-electron chi connectivity index (χ3n) is 4.21. The second-order valence-corrected chi connectivity index (χ2v) is 8.26. The quantitative estimate of drug-likeness (QED) is 0.812. The van der Waals surface area contributed by atoms with Crippen LogP contribution in [0.2, 0.25) is 0 Å². The highest BCUT2D eigenvalue weighted by molar-refractivity contribution is 7.92. The zero-order valence-corrected chi connectivity index (χ0v) is 15.9. The van der Waals surface area contributed by atoms with Crippen LogP contribution in [0.15, 0.2) is 41.3 Å². The number of ether oxygens (including phenoxy) is 1. The fourth-order valence-corrected chi connectivity index (χ4v) is 4.07. The fraction of sp³-hybridized carbons (Fsp3) is 0.368. The molecule has 0 aliphatic heterocycles. The Labute approximate surface area is 145 Å². The van der Waals surface area contributed by atoms with Crippen molar-refractivity contribution in [3.63, 3.8) is 0 Å². The normalized spacial score (nSPS) is 11.6. The Morgan fingerprint density at radius 3 is 2.12 bits per heavy atom. The smallest absolute Gasteiger partial charge is 0.267 e. The van der Waals surface area contributed by atoms with Gasteiger partial charge in [-0.05, 0) is 55.2 Å². The number of methoxy groups -OCH3 is 1. The van der Waals surface area contributed by atoms with Gasteiger partial charge in [-0.15, -0.1) is 0 Å². The molecular formula is C19H25NO3S. The molecule has 2 aromatic carbocycles. The van der Waals surface area contributed by atoms with Crippen molar-refractivity contribution < 1.29 is 13.2 Å². The van der Waals surface area contributed by atoms with Gasteiger partial charge in [0.15, 0.2) is 0 Å².